The Morgan fingerprint density at radius 3 is 3.00 bits per heavy atom. The molecule has 1 unspecified atom stereocenters. The lowest BCUT2D eigenvalue weighted by molar-refractivity contribution is 1.02. The lowest BCUT2D eigenvalue weighted by atomic mass is 10.5. The molecule has 0 saturated heterocycles. The van der Waals surface area contributed by atoms with E-state index in [0.717, 1.165) is 6.42 Å². The Bertz CT molecular complexity index is 80.1. The van der Waals surface area contributed by atoms with Crippen LogP contribution in [-0.4, -0.2) is 17.3 Å². The highest BCUT2D eigenvalue weighted by molar-refractivity contribution is 7.99. The smallest absolute Gasteiger partial charge is 0.0919 e. The molecule has 0 radical (unpaired) electrons. The van der Waals surface area contributed by atoms with Gasteiger partial charge in [0.25, 0.3) is 0 Å². The van der Waals surface area contributed by atoms with Gasteiger partial charge in [-0.05, 0) is 13.3 Å². The summed E-state index contributed by atoms with van der Waals surface area (Å²) in [5.74, 6) is 1.25. The standard InChI is InChI=1S/C5H9NS/c1-5-6-3-2-4-7-5/h3,5H,2,4H2,1H3. The maximum atomic E-state index is 4.17. The van der Waals surface area contributed by atoms with Gasteiger partial charge in [0.1, 0.15) is 0 Å². The summed E-state index contributed by atoms with van der Waals surface area (Å²) in [5.41, 5.74) is 0. The number of rotatable bonds is 0. The largest absolute Gasteiger partial charge is 0.284 e. The van der Waals surface area contributed by atoms with Crippen LogP contribution >= 0.6 is 11.8 Å². The molecule has 0 aromatic heterocycles. The summed E-state index contributed by atoms with van der Waals surface area (Å²) in [4.78, 5) is 4.17. The molecule has 0 fully saturated rings. The first-order chi connectivity index (χ1) is 3.39. The van der Waals surface area contributed by atoms with E-state index < -0.39 is 0 Å². The van der Waals surface area contributed by atoms with Gasteiger partial charge in [-0.15, -0.1) is 11.8 Å². The molecule has 0 bridgehead atoms. The SMILES string of the molecule is CC1N=CCCS1. The highest BCUT2D eigenvalue weighted by Gasteiger charge is 2.00. The Labute approximate surface area is 48.2 Å². The van der Waals surface area contributed by atoms with Crippen LogP contribution in [0.2, 0.25) is 0 Å². The molecule has 0 saturated carbocycles. The lowest BCUT2D eigenvalue weighted by Crippen LogP contribution is -1.99. The van der Waals surface area contributed by atoms with Crippen molar-refractivity contribution in [1.29, 1.82) is 0 Å². The van der Waals surface area contributed by atoms with Crippen LogP contribution in [-0.2, 0) is 0 Å². The Kier molecular flexibility index (Phi) is 1.74. The topological polar surface area (TPSA) is 12.4 Å². The van der Waals surface area contributed by atoms with Crippen LogP contribution in [0.4, 0.5) is 0 Å². The Balaban J connectivity index is 2.36. The highest BCUT2D eigenvalue weighted by Crippen LogP contribution is 2.15. The van der Waals surface area contributed by atoms with Gasteiger partial charge in [-0.1, -0.05) is 0 Å². The number of hydrogen-bond donors (Lipinski definition) is 0. The van der Waals surface area contributed by atoms with Gasteiger partial charge < -0.3 is 0 Å². The molecule has 1 atom stereocenters. The van der Waals surface area contributed by atoms with Crippen LogP contribution < -0.4 is 0 Å². The summed E-state index contributed by atoms with van der Waals surface area (Å²) in [6, 6.07) is 0. The van der Waals surface area contributed by atoms with E-state index in [1.807, 2.05) is 18.0 Å². The van der Waals surface area contributed by atoms with Gasteiger partial charge in [0.15, 0.2) is 0 Å². The summed E-state index contributed by atoms with van der Waals surface area (Å²) < 4.78 is 0. The van der Waals surface area contributed by atoms with Crippen LogP contribution in [0.5, 0.6) is 0 Å². The molecule has 1 nitrogen and oxygen atoms in total. The predicted molar refractivity (Wildman–Crippen MR) is 35.0 cm³/mol. The highest BCUT2D eigenvalue weighted by atomic mass is 32.2. The molecule has 40 valence electrons. The molecule has 0 N–H and O–H groups in total. The van der Waals surface area contributed by atoms with Crippen molar-refractivity contribution < 1.29 is 0 Å². The Hall–Kier alpha value is 0.0200. The molecule has 0 aliphatic carbocycles. The van der Waals surface area contributed by atoms with Crippen molar-refractivity contribution in [3.8, 4) is 0 Å². The van der Waals surface area contributed by atoms with E-state index in [2.05, 4.69) is 11.9 Å². The molecule has 0 spiro atoms. The van der Waals surface area contributed by atoms with Gasteiger partial charge in [-0.25, -0.2) is 0 Å². The second-order valence-corrected chi connectivity index (χ2v) is 3.01. The zero-order valence-corrected chi connectivity index (χ0v) is 5.24. The Morgan fingerprint density at radius 1 is 1.86 bits per heavy atom. The minimum atomic E-state index is 0.522. The second-order valence-electron chi connectivity index (χ2n) is 1.59. The van der Waals surface area contributed by atoms with Gasteiger partial charge in [-0.2, -0.15) is 0 Å². The molecule has 0 aromatic rings. The maximum Gasteiger partial charge on any atom is 0.0919 e. The second kappa shape index (κ2) is 2.36. The minimum Gasteiger partial charge on any atom is -0.284 e. The molecule has 1 aliphatic heterocycles. The van der Waals surface area contributed by atoms with Gasteiger partial charge in [0, 0.05) is 12.0 Å². The van der Waals surface area contributed by atoms with Crippen molar-refractivity contribution in [2.75, 3.05) is 5.75 Å². The van der Waals surface area contributed by atoms with E-state index in [1.54, 1.807) is 0 Å². The third-order valence-corrected chi connectivity index (χ3v) is 2.00. The van der Waals surface area contributed by atoms with Crippen molar-refractivity contribution in [1.82, 2.24) is 0 Å². The molecule has 2 heteroatoms. The summed E-state index contributed by atoms with van der Waals surface area (Å²) in [6.45, 7) is 2.13. The van der Waals surface area contributed by atoms with Gasteiger partial charge in [0.2, 0.25) is 0 Å². The molecule has 1 rings (SSSR count). The fourth-order valence-electron chi connectivity index (χ4n) is 0.557. The molecular formula is C5H9NS. The van der Waals surface area contributed by atoms with Gasteiger partial charge >= 0.3 is 0 Å². The first kappa shape index (κ1) is 5.16. The molecule has 1 aliphatic rings. The van der Waals surface area contributed by atoms with Gasteiger partial charge in [-0.3, -0.25) is 4.99 Å². The van der Waals surface area contributed by atoms with Crippen molar-refractivity contribution in [3.05, 3.63) is 0 Å². The molecule has 0 aromatic carbocycles. The zero-order chi connectivity index (χ0) is 5.11. The van der Waals surface area contributed by atoms with Crippen LogP contribution in [0, 0.1) is 0 Å². The average molecular weight is 115 g/mol. The summed E-state index contributed by atoms with van der Waals surface area (Å²) in [6.07, 6.45) is 3.18. The summed E-state index contributed by atoms with van der Waals surface area (Å²) in [7, 11) is 0. The van der Waals surface area contributed by atoms with Crippen molar-refractivity contribution in [2.45, 2.75) is 18.7 Å². The van der Waals surface area contributed by atoms with Crippen LogP contribution in [0.1, 0.15) is 13.3 Å². The maximum absolute atomic E-state index is 4.17. The fourth-order valence-corrected chi connectivity index (χ4v) is 1.31. The van der Waals surface area contributed by atoms with Crippen LogP contribution in [0.3, 0.4) is 0 Å². The van der Waals surface area contributed by atoms with E-state index in [1.165, 1.54) is 5.75 Å². The molecular weight excluding hydrogens is 106 g/mol. The van der Waals surface area contributed by atoms with Crippen LogP contribution in [0.15, 0.2) is 4.99 Å². The first-order valence-corrected chi connectivity index (χ1v) is 3.58. The average Bonchev–Trinajstić information content (AvgIpc) is 1.69. The predicted octanol–water partition coefficient (Wildman–Crippen LogP) is 1.54. The monoisotopic (exact) mass is 115 g/mol. The number of thioether (sulfide) groups is 1. The summed E-state index contributed by atoms with van der Waals surface area (Å²) >= 11 is 1.92. The normalized spacial score (nSPS) is 30.7. The van der Waals surface area contributed by atoms with Crippen molar-refractivity contribution in [3.63, 3.8) is 0 Å². The quantitative estimate of drug-likeness (QED) is 0.466. The van der Waals surface area contributed by atoms with E-state index in [0.29, 0.717) is 5.37 Å². The number of nitrogens with zero attached hydrogens (tertiary/aromatic N) is 1. The number of aliphatic imine (C=N–C) groups is 1. The van der Waals surface area contributed by atoms with Gasteiger partial charge in [0.05, 0.1) is 5.37 Å². The third-order valence-electron chi connectivity index (χ3n) is 0.921. The van der Waals surface area contributed by atoms with E-state index >= 15 is 0 Å². The molecule has 1 heterocycles. The first-order valence-electron chi connectivity index (χ1n) is 2.53. The van der Waals surface area contributed by atoms with E-state index in [-0.39, 0.29) is 0 Å². The minimum absolute atomic E-state index is 0.522. The number of hydrogen-bond acceptors (Lipinski definition) is 2. The molecule has 0 amide bonds. The zero-order valence-electron chi connectivity index (χ0n) is 4.42. The van der Waals surface area contributed by atoms with Crippen molar-refractivity contribution in [2.24, 2.45) is 4.99 Å². The third kappa shape index (κ3) is 1.51. The lowest BCUT2D eigenvalue weighted by Gasteiger charge is -2.07. The van der Waals surface area contributed by atoms with E-state index in [4.69, 9.17) is 0 Å². The van der Waals surface area contributed by atoms with Crippen LogP contribution in [0.25, 0.3) is 0 Å². The summed E-state index contributed by atoms with van der Waals surface area (Å²) in [5, 5.41) is 0.522. The van der Waals surface area contributed by atoms with E-state index in [9.17, 15) is 0 Å². The van der Waals surface area contributed by atoms with Crippen molar-refractivity contribution >= 4 is 18.0 Å². The Morgan fingerprint density at radius 2 is 2.71 bits per heavy atom. The molecule has 7 heavy (non-hydrogen) atoms. The fraction of sp³-hybridized carbons (Fsp3) is 0.800.